The normalized spacial score (nSPS) is 11.6. The summed E-state index contributed by atoms with van der Waals surface area (Å²) in [5.74, 6) is -1.57. The third-order valence-electron chi connectivity index (χ3n) is 3.42. The van der Waals surface area contributed by atoms with Crippen LogP contribution in [0.25, 0.3) is 0 Å². The predicted molar refractivity (Wildman–Crippen MR) is 93.4 cm³/mol. The Labute approximate surface area is 153 Å². The van der Waals surface area contributed by atoms with Gasteiger partial charge in [0, 0.05) is 19.3 Å². The number of carbonyl (C=O) groups is 1. The van der Waals surface area contributed by atoms with Gasteiger partial charge >= 0.3 is 5.97 Å². The van der Waals surface area contributed by atoms with E-state index in [1.165, 1.54) is 18.3 Å². The summed E-state index contributed by atoms with van der Waals surface area (Å²) >= 11 is 3.14. The predicted octanol–water partition coefficient (Wildman–Crippen LogP) is 3.23. The summed E-state index contributed by atoms with van der Waals surface area (Å²) in [5, 5.41) is 0. The number of sulfonamides is 1. The molecule has 134 valence electrons. The molecule has 0 spiro atoms. The van der Waals surface area contributed by atoms with Crippen LogP contribution in [0.4, 0.5) is 4.39 Å². The van der Waals surface area contributed by atoms with Crippen LogP contribution in [-0.2, 0) is 10.0 Å². The van der Waals surface area contributed by atoms with Crippen molar-refractivity contribution < 1.29 is 22.3 Å². The van der Waals surface area contributed by atoms with Gasteiger partial charge in [0.15, 0.2) is 5.75 Å². The van der Waals surface area contributed by atoms with Crippen molar-refractivity contribution in [1.82, 2.24) is 9.29 Å². The van der Waals surface area contributed by atoms with E-state index in [1.54, 1.807) is 19.9 Å². The minimum atomic E-state index is -4.04. The van der Waals surface area contributed by atoms with E-state index in [-0.39, 0.29) is 24.4 Å². The van der Waals surface area contributed by atoms with Crippen LogP contribution in [0.15, 0.2) is 46.0 Å². The summed E-state index contributed by atoms with van der Waals surface area (Å²) in [4.78, 5) is 15.6. The van der Waals surface area contributed by atoms with Gasteiger partial charge in [-0.2, -0.15) is 4.31 Å². The molecule has 0 radical (unpaired) electrons. The van der Waals surface area contributed by atoms with Gasteiger partial charge in [-0.3, -0.25) is 0 Å². The van der Waals surface area contributed by atoms with Crippen molar-refractivity contribution >= 4 is 31.9 Å². The molecule has 1 aromatic carbocycles. The Morgan fingerprint density at radius 2 is 1.96 bits per heavy atom. The second-order valence-electron chi connectivity index (χ2n) is 4.92. The average molecular weight is 431 g/mol. The molecule has 0 unspecified atom stereocenters. The highest BCUT2D eigenvalue weighted by atomic mass is 79.9. The lowest BCUT2D eigenvalue weighted by Crippen LogP contribution is -2.31. The third-order valence-corrected chi connectivity index (χ3v) is 6.08. The number of aromatic nitrogens is 1. The molecule has 6 nitrogen and oxygen atoms in total. The molecule has 0 N–H and O–H groups in total. The molecule has 0 atom stereocenters. The molecule has 0 aliphatic heterocycles. The number of pyridine rings is 1. The first kappa shape index (κ1) is 19.5. The summed E-state index contributed by atoms with van der Waals surface area (Å²) < 4.78 is 45.7. The average Bonchev–Trinajstić information content (AvgIpc) is 2.58. The van der Waals surface area contributed by atoms with Gasteiger partial charge in [-0.05, 0) is 46.3 Å². The fourth-order valence-corrected chi connectivity index (χ4v) is 4.02. The number of carbonyl (C=O) groups excluding carboxylic acids is 1. The quantitative estimate of drug-likeness (QED) is 0.519. The van der Waals surface area contributed by atoms with E-state index in [0.29, 0.717) is 4.60 Å². The van der Waals surface area contributed by atoms with E-state index in [4.69, 9.17) is 4.74 Å². The van der Waals surface area contributed by atoms with Crippen molar-refractivity contribution in [1.29, 1.82) is 0 Å². The summed E-state index contributed by atoms with van der Waals surface area (Å²) in [6.07, 6.45) is 1.51. The summed E-state index contributed by atoms with van der Waals surface area (Å²) in [7, 11) is -4.04. The van der Waals surface area contributed by atoms with Crippen LogP contribution in [0.2, 0.25) is 0 Å². The molecule has 0 saturated carbocycles. The molecule has 1 aromatic heterocycles. The van der Waals surface area contributed by atoms with Crippen LogP contribution in [0, 0.1) is 5.82 Å². The zero-order valence-corrected chi connectivity index (χ0v) is 16.0. The van der Waals surface area contributed by atoms with Gasteiger partial charge in [0.05, 0.1) is 5.56 Å². The fourth-order valence-electron chi connectivity index (χ4n) is 2.14. The number of nitrogens with zero attached hydrogens (tertiary/aromatic N) is 2. The Bertz CT molecular complexity index is 885. The Kier molecular flexibility index (Phi) is 6.26. The number of halogens is 2. The zero-order chi connectivity index (χ0) is 18.6. The summed E-state index contributed by atoms with van der Waals surface area (Å²) in [5.41, 5.74) is -0.0807. The topological polar surface area (TPSA) is 76.6 Å². The molecule has 0 fully saturated rings. The number of ether oxygens (including phenoxy) is 1. The number of hydrogen-bond acceptors (Lipinski definition) is 5. The highest BCUT2D eigenvalue weighted by Gasteiger charge is 2.27. The van der Waals surface area contributed by atoms with Crippen LogP contribution in [-0.4, -0.2) is 36.8 Å². The molecule has 9 heteroatoms. The lowest BCUT2D eigenvalue weighted by atomic mass is 10.2. The van der Waals surface area contributed by atoms with Crippen LogP contribution in [0.5, 0.6) is 5.75 Å². The SMILES string of the molecule is CCN(CC)S(=O)(=O)c1cc(C(=O)Oc2cccnc2Br)ccc1F. The number of esters is 1. The van der Waals surface area contributed by atoms with Crippen molar-refractivity contribution in [2.24, 2.45) is 0 Å². The molecule has 0 aliphatic carbocycles. The van der Waals surface area contributed by atoms with E-state index in [1.807, 2.05) is 0 Å². The number of benzene rings is 1. The minimum Gasteiger partial charge on any atom is -0.420 e. The van der Waals surface area contributed by atoms with Crippen molar-refractivity contribution in [2.45, 2.75) is 18.7 Å². The molecule has 25 heavy (non-hydrogen) atoms. The van der Waals surface area contributed by atoms with E-state index in [0.717, 1.165) is 16.4 Å². The van der Waals surface area contributed by atoms with Crippen molar-refractivity contribution in [2.75, 3.05) is 13.1 Å². The minimum absolute atomic E-state index is 0.0807. The van der Waals surface area contributed by atoms with Gasteiger partial charge in [0.2, 0.25) is 10.0 Å². The smallest absolute Gasteiger partial charge is 0.343 e. The second-order valence-corrected chi connectivity index (χ2v) is 7.57. The van der Waals surface area contributed by atoms with Gasteiger partial charge in [-0.15, -0.1) is 0 Å². The maximum Gasteiger partial charge on any atom is 0.343 e. The lowest BCUT2D eigenvalue weighted by molar-refractivity contribution is 0.0732. The maximum atomic E-state index is 14.1. The number of rotatable bonds is 6. The van der Waals surface area contributed by atoms with Gasteiger partial charge in [0.1, 0.15) is 15.3 Å². The highest BCUT2D eigenvalue weighted by molar-refractivity contribution is 9.10. The molecule has 0 amide bonds. The van der Waals surface area contributed by atoms with Gasteiger partial charge in [-0.25, -0.2) is 22.6 Å². The Balaban J connectivity index is 2.39. The van der Waals surface area contributed by atoms with Crippen LogP contribution in [0.1, 0.15) is 24.2 Å². The first-order valence-corrected chi connectivity index (χ1v) is 9.67. The molecule has 2 rings (SSSR count). The van der Waals surface area contributed by atoms with E-state index in [2.05, 4.69) is 20.9 Å². The molecular weight excluding hydrogens is 415 g/mol. The lowest BCUT2D eigenvalue weighted by Gasteiger charge is -2.19. The molecule has 1 heterocycles. The number of hydrogen-bond donors (Lipinski definition) is 0. The third kappa shape index (κ3) is 4.23. The molecular formula is C16H16BrFN2O4S. The molecule has 2 aromatic rings. The monoisotopic (exact) mass is 430 g/mol. The van der Waals surface area contributed by atoms with Gasteiger partial charge in [-0.1, -0.05) is 13.8 Å². The highest BCUT2D eigenvalue weighted by Crippen LogP contribution is 2.24. The van der Waals surface area contributed by atoms with Crippen LogP contribution >= 0.6 is 15.9 Å². The fraction of sp³-hybridized carbons (Fsp3) is 0.250. The second kappa shape index (κ2) is 8.03. The Hall–Kier alpha value is -1.84. The summed E-state index contributed by atoms with van der Waals surface area (Å²) in [6, 6.07) is 6.18. The first-order valence-electron chi connectivity index (χ1n) is 7.43. The Morgan fingerprint density at radius 3 is 2.56 bits per heavy atom. The van der Waals surface area contributed by atoms with Crippen molar-refractivity contribution in [3.63, 3.8) is 0 Å². The van der Waals surface area contributed by atoms with Crippen molar-refractivity contribution in [3.05, 3.63) is 52.5 Å². The zero-order valence-electron chi connectivity index (χ0n) is 13.6. The van der Waals surface area contributed by atoms with Crippen molar-refractivity contribution in [3.8, 4) is 5.75 Å². The first-order chi connectivity index (χ1) is 11.8. The van der Waals surface area contributed by atoms with Crippen LogP contribution < -0.4 is 4.74 Å². The standard InChI is InChI=1S/C16H16BrFN2O4S/c1-3-20(4-2)25(22,23)14-10-11(7-8-12(14)18)16(21)24-13-6-5-9-19-15(13)17/h5-10H,3-4H2,1-2H3. The maximum absolute atomic E-state index is 14.1. The van der Waals surface area contributed by atoms with Gasteiger partial charge < -0.3 is 4.74 Å². The molecule has 0 saturated heterocycles. The van der Waals surface area contributed by atoms with E-state index in [9.17, 15) is 17.6 Å². The Morgan fingerprint density at radius 1 is 1.28 bits per heavy atom. The van der Waals surface area contributed by atoms with Gasteiger partial charge in [0.25, 0.3) is 0 Å². The molecule has 0 aliphatic rings. The van der Waals surface area contributed by atoms with Crippen LogP contribution in [0.3, 0.4) is 0 Å². The largest absolute Gasteiger partial charge is 0.420 e. The van der Waals surface area contributed by atoms with E-state index >= 15 is 0 Å². The van der Waals surface area contributed by atoms with E-state index < -0.39 is 26.7 Å². The summed E-state index contributed by atoms with van der Waals surface area (Å²) in [6.45, 7) is 3.68. The molecule has 0 bridgehead atoms.